The number of benzene rings is 1. The monoisotopic (exact) mass is 325 g/mol. The number of nitrogens with one attached hydrogen (secondary N) is 1. The lowest BCUT2D eigenvalue weighted by atomic mass is 10.3. The molecule has 6 heteroatoms. The number of hydrogen-bond donors (Lipinski definition) is 1. The molecule has 23 heavy (non-hydrogen) atoms. The lowest BCUT2D eigenvalue weighted by Gasteiger charge is -2.05. The van der Waals surface area contributed by atoms with E-state index in [1.807, 2.05) is 43.3 Å². The van der Waals surface area contributed by atoms with Gasteiger partial charge in [0, 0.05) is 6.20 Å². The third kappa shape index (κ3) is 3.92. The van der Waals surface area contributed by atoms with Crippen molar-refractivity contribution in [3.8, 4) is 16.3 Å². The summed E-state index contributed by atoms with van der Waals surface area (Å²) < 4.78 is 5.41. The molecular formula is C17H15N3O2S. The largest absolute Gasteiger partial charge is 0.484 e. The molecule has 0 aliphatic rings. The Bertz CT molecular complexity index is 788. The summed E-state index contributed by atoms with van der Waals surface area (Å²) in [6.45, 7) is 1.85. The molecule has 0 saturated heterocycles. The zero-order valence-corrected chi connectivity index (χ0v) is 13.3. The van der Waals surface area contributed by atoms with Gasteiger partial charge in [0.1, 0.15) is 5.75 Å². The molecule has 0 fully saturated rings. The number of carbonyl (C=O) groups excluding carboxylic acids is 1. The first-order valence-corrected chi connectivity index (χ1v) is 7.90. The Kier molecular flexibility index (Phi) is 4.63. The van der Waals surface area contributed by atoms with Gasteiger partial charge in [-0.2, -0.15) is 0 Å². The van der Waals surface area contributed by atoms with E-state index in [2.05, 4.69) is 15.3 Å². The van der Waals surface area contributed by atoms with Gasteiger partial charge in [-0.05, 0) is 31.2 Å². The van der Waals surface area contributed by atoms with Crippen LogP contribution in [0.2, 0.25) is 0 Å². The number of nitrogens with zero attached hydrogens (tertiary/aromatic N) is 2. The maximum Gasteiger partial charge on any atom is 0.264 e. The van der Waals surface area contributed by atoms with Gasteiger partial charge >= 0.3 is 0 Å². The number of anilines is 1. The molecule has 1 N–H and O–H groups in total. The standard InChI is InChI=1S/C17H15N3O2S/c1-12-16(14-9-5-6-10-18-14)23-17(19-12)20-15(21)11-22-13-7-3-2-4-8-13/h2-10H,11H2,1H3,(H,19,20,21). The van der Waals surface area contributed by atoms with Gasteiger partial charge in [0.15, 0.2) is 11.7 Å². The first kappa shape index (κ1) is 15.2. The van der Waals surface area contributed by atoms with Crippen molar-refractivity contribution in [2.24, 2.45) is 0 Å². The number of aromatic nitrogens is 2. The van der Waals surface area contributed by atoms with Crippen LogP contribution in [0.4, 0.5) is 5.13 Å². The molecule has 0 unspecified atom stereocenters. The van der Waals surface area contributed by atoms with E-state index in [0.717, 1.165) is 16.3 Å². The van der Waals surface area contributed by atoms with E-state index in [-0.39, 0.29) is 12.5 Å². The van der Waals surface area contributed by atoms with E-state index in [0.29, 0.717) is 10.9 Å². The smallest absolute Gasteiger partial charge is 0.264 e. The molecule has 5 nitrogen and oxygen atoms in total. The molecule has 3 rings (SSSR count). The number of hydrogen-bond acceptors (Lipinski definition) is 5. The minimum absolute atomic E-state index is 0.0540. The normalized spacial score (nSPS) is 10.3. The number of aryl methyl sites for hydroxylation is 1. The lowest BCUT2D eigenvalue weighted by molar-refractivity contribution is -0.118. The van der Waals surface area contributed by atoms with Gasteiger partial charge in [0.25, 0.3) is 5.91 Å². The summed E-state index contributed by atoms with van der Waals surface area (Å²) in [6, 6.07) is 14.9. The highest BCUT2D eigenvalue weighted by Crippen LogP contribution is 2.31. The second kappa shape index (κ2) is 7.02. The molecular weight excluding hydrogens is 310 g/mol. The highest BCUT2D eigenvalue weighted by Gasteiger charge is 2.13. The van der Waals surface area contributed by atoms with Crippen molar-refractivity contribution >= 4 is 22.4 Å². The summed E-state index contributed by atoms with van der Waals surface area (Å²) in [7, 11) is 0. The summed E-state index contributed by atoms with van der Waals surface area (Å²) in [6.07, 6.45) is 1.74. The van der Waals surface area contributed by atoms with E-state index in [9.17, 15) is 4.79 Å². The van der Waals surface area contributed by atoms with Crippen molar-refractivity contribution in [3.63, 3.8) is 0 Å². The van der Waals surface area contributed by atoms with E-state index < -0.39 is 0 Å². The average molecular weight is 325 g/mol. The van der Waals surface area contributed by atoms with Crippen LogP contribution in [0.5, 0.6) is 5.75 Å². The number of amides is 1. The maximum atomic E-state index is 12.0. The fourth-order valence-corrected chi connectivity index (χ4v) is 2.97. The van der Waals surface area contributed by atoms with Gasteiger partial charge in [0.05, 0.1) is 16.3 Å². The van der Waals surface area contributed by atoms with E-state index in [1.54, 1.807) is 18.3 Å². The molecule has 1 aromatic carbocycles. The fourth-order valence-electron chi connectivity index (χ4n) is 2.01. The van der Waals surface area contributed by atoms with Crippen LogP contribution in [0.15, 0.2) is 54.7 Å². The van der Waals surface area contributed by atoms with E-state index in [1.165, 1.54) is 11.3 Å². The zero-order valence-electron chi connectivity index (χ0n) is 12.5. The van der Waals surface area contributed by atoms with Crippen LogP contribution in [0.3, 0.4) is 0 Å². The van der Waals surface area contributed by atoms with Crippen molar-refractivity contribution in [2.45, 2.75) is 6.92 Å². The van der Waals surface area contributed by atoms with Crippen LogP contribution in [0.1, 0.15) is 5.69 Å². The predicted octanol–water partition coefficient (Wildman–Crippen LogP) is 3.53. The van der Waals surface area contributed by atoms with Gasteiger partial charge < -0.3 is 4.74 Å². The van der Waals surface area contributed by atoms with E-state index in [4.69, 9.17) is 4.74 Å². The maximum absolute atomic E-state index is 12.0. The number of thiazole rings is 1. The minimum atomic E-state index is -0.241. The molecule has 3 aromatic rings. The third-order valence-corrected chi connectivity index (χ3v) is 4.15. The van der Waals surface area contributed by atoms with Crippen LogP contribution in [-0.2, 0) is 4.79 Å². The Labute approximate surface area is 138 Å². The molecule has 0 saturated carbocycles. The summed E-state index contributed by atoms with van der Waals surface area (Å²) >= 11 is 1.40. The molecule has 0 spiro atoms. The van der Waals surface area contributed by atoms with E-state index >= 15 is 0 Å². The van der Waals surface area contributed by atoms with Gasteiger partial charge in [-0.1, -0.05) is 35.6 Å². The molecule has 0 aliphatic carbocycles. The Morgan fingerprint density at radius 1 is 1.17 bits per heavy atom. The molecule has 2 heterocycles. The Morgan fingerprint density at radius 2 is 1.96 bits per heavy atom. The van der Waals surface area contributed by atoms with Crippen molar-refractivity contribution in [1.29, 1.82) is 0 Å². The first-order chi connectivity index (χ1) is 11.2. The average Bonchev–Trinajstić information content (AvgIpc) is 2.95. The second-order valence-corrected chi connectivity index (χ2v) is 5.80. The first-order valence-electron chi connectivity index (χ1n) is 7.09. The van der Waals surface area contributed by atoms with Crippen LogP contribution in [0.25, 0.3) is 10.6 Å². The summed E-state index contributed by atoms with van der Waals surface area (Å²) in [4.78, 5) is 21.6. The van der Waals surface area contributed by atoms with Crippen LogP contribution in [0, 0.1) is 6.92 Å². The molecule has 0 atom stereocenters. The Hall–Kier alpha value is -2.73. The minimum Gasteiger partial charge on any atom is -0.484 e. The SMILES string of the molecule is Cc1nc(NC(=O)COc2ccccc2)sc1-c1ccccn1. The van der Waals surface area contributed by atoms with Crippen LogP contribution >= 0.6 is 11.3 Å². The molecule has 0 radical (unpaired) electrons. The van der Waals surface area contributed by atoms with Gasteiger partial charge in [-0.25, -0.2) is 4.98 Å². The van der Waals surface area contributed by atoms with Crippen LogP contribution in [-0.4, -0.2) is 22.5 Å². The van der Waals surface area contributed by atoms with Crippen molar-refractivity contribution in [2.75, 3.05) is 11.9 Å². The summed E-state index contributed by atoms with van der Waals surface area (Å²) in [5, 5.41) is 3.30. The number of pyridine rings is 1. The van der Waals surface area contributed by atoms with Crippen molar-refractivity contribution < 1.29 is 9.53 Å². The Balaban J connectivity index is 1.63. The second-order valence-electron chi connectivity index (χ2n) is 4.80. The predicted molar refractivity (Wildman–Crippen MR) is 90.6 cm³/mol. The molecule has 0 bridgehead atoms. The lowest BCUT2D eigenvalue weighted by Crippen LogP contribution is -2.20. The quantitative estimate of drug-likeness (QED) is 0.779. The highest BCUT2D eigenvalue weighted by atomic mass is 32.1. The fraction of sp³-hybridized carbons (Fsp3) is 0.118. The molecule has 2 aromatic heterocycles. The van der Waals surface area contributed by atoms with Crippen molar-refractivity contribution in [3.05, 3.63) is 60.4 Å². The third-order valence-electron chi connectivity index (χ3n) is 3.05. The number of rotatable bonds is 5. The number of carbonyl (C=O) groups is 1. The number of para-hydroxylation sites is 1. The van der Waals surface area contributed by atoms with Crippen LogP contribution < -0.4 is 10.1 Å². The van der Waals surface area contributed by atoms with Crippen molar-refractivity contribution in [1.82, 2.24) is 9.97 Å². The van der Waals surface area contributed by atoms with Gasteiger partial charge in [-0.3, -0.25) is 15.1 Å². The highest BCUT2D eigenvalue weighted by molar-refractivity contribution is 7.19. The Morgan fingerprint density at radius 3 is 2.70 bits per heavy atom. The molecule has 116 valence electrons. The number of ether oxygens (including phenoxy) is 1. The van der Waals surface area contributed by atoms with Gasteiger partial charge in [0.2, 0.25) is 0 Å². The summed E-state index contributed by atoms with van der Waals surface area (Å²) in [5.41, 5.74) is 1.69. The zero-order chi connectivity index (χ0) is 16.1. The molecule has 0 aliphatic heterocycles. The topological polar surface area (TPSA) is 64.1 Å². The molecule has 1 amide bonds. The summed E-state index contributed by atoms with van der Waals surface area (Å²) in [5.74, 6) is 0.419. The van der Waals surface area contributed by atoms with Gasteiger partial charge in [-0.15, -0.1) is 0 Å².